The first-order valence-electron chi connectivity index (χ1n) is 7.74. The minimum absolute atomic E-state index is 0.110. The third kappa shape index (κ3) is 2.46. The lowest BCUT2D eigenvalue weighted by Crippen LogP contribution is -2.13. The van der Waals surface area contributed by atoms with Crippen LogP contribution in [0.5, 0.6) is 0 Å². The first-order chi connectivity index (χ1) is 12.5. The smallest absolute Gasteiger partial charge is 0.337 e. The number of aromatic carboxylic acids is 1. The van der Waals surface area contributed by atoms with Crippen molar-refractivity contribution in [2.24, 2.45) is 0 Å². The Morgan fingerprint density at radius 2 is 1.62 bits per heavy atom. The van der Waals surface area contributed by atoms with Crippen molar-refractivity contribution in [2.45, 2.75) is 0 Å². The van der Waals surface area contributed by atoms with Crippen LogP contribution in [0.2, 0.25) is 10.0 Å². The predicted octanol–water partition coefficient (Wildman–Crippen LogP) is 5.15. The first kappa shape index (κ1) is 16.6. The van der Waals surface area contributed by atoms with Crippen molar-refractivity contribution in [1.82, 2.24) is 4.57 Å². The molecule has 6 heteroatoms. The van der Waals surface area contributed by atoms with Gasteiger partial charge in [-0.05, 0) is 36.4 Å². The Morgan fingerprint density at radius 3 is 2.38 bits per heavy atom. The van der Waals surface area contributed by atoms with E-state index in [0.29, 0.717) is 32.5 Å². The van der Waals surface area contributed by atoms with Crippen molar-refractivity contribution in [1.29, 1.82) is 0 Å². The number of carbonyl (C=O) groups is 1. The van der Waals surface area contributed by atoms with E-state index in [2.05, 4.69) is 0 Å². The summed E-state index contributed by atoms with van der Waals surface area (Å²) in [5.41, 5.74) is 1.36. The standard InChI is InChI=1S/C20H11Cl2NO3/c21-11-9-14(22)18-17(10-11)23(15-7-3-1-5-12(15)19(18)24)16-8-4-2-6-13(16)20(25)26/h1-10H,(H,25,26). The van der Waals surface area contributed by atoms with Crippen LogP contribution in [0.15, 0.2) is 65.5 Å². The van der Waals surface area contributed by atoms with Crippen molar-refractivity contribution in [3.8, 4) is 5.69 Å². The fraction of sp³-hybridized carbons (Fsp3) is 0. The second kappa shape index (κ2) is 6.16. The molecule has 3 aromatic carbocycles. The number of pyridine rings is 1. The van der Waals surface area contributed by atoms with Gasteiger partial charge in [0.1, 0.15) is 0 Å². The maximum Gasteiger partial charge on any atom is 0.337 e. The Morgan fingerprint density at radius 1 is 0.923 bits per heavy atom. The van der Waals surface area contributed by atoms with Gasteiger partial charge in [0.05, 0.1) is 32.7 Å². The second-order valence-corrected chi connectivity index (χ2v) is 6.63. The van der Waals surface area contributed by atoms with E-state index < -0.39 is 5.97 Å². The average molecular weight is 384 g/mol. The molecule has 4 aromatic rings. The molecule has 0 atom stereocenters. The normalized spacial score (nSPS) is 11.2. The van der Waals surface area contributed by atoms with Crippen molar-refractivity contribution >= 4 is 51.0 Å². The SMILES string of the molecule is O=C(O)c1ccccc1-n1c2ccccc2c(=O)c2c(Cl)cc(Cl)cc21. The van der Waals surface area contributed by atoms with Gasteiger partial charge in [0.2, 0.25) is 0 Å². The molecular weight excluding hydrogens is 373 g/mol. The molecule has 1 aromatic heterocycles. The number of rotatable bonds is 2. The molecule has 0 radical (unpaired) electrons. The summed E-state index contributed by atoms with van der Waals surface area (Å²) in [4.78, 5) is 24.7. The highest BCUT2D eigenvalue weighted by Crippen LogP contribution is 2.31. The quantitative estimate of drug-likeness (QED) is 0.487. The number of carboxylic acid groups (broad SMARTS) is 1. The van der Waals surface area contributed by atoms with Crippen molar-refractivity contribution < 1.29 is 9.90 Å². The van der Waals surface area contributed by atoms with Gasteiger partial charge in [-0.3, -0.25) is 4.79 Å². The molecule has 0 saturated heterocycles. The molecule has 0 unspecified atom stereocenters. The molecule has 1 heterocycles. The Kier molecular flexibility index (Phi) is 3.94. The lowest BCUT2D eigenvalue weighted by atomic mass is 10.1. The van der Waals surface area contributed by atoms with Gasteiger partial charge in [0, 0.05) is 10.4 Å². The number of benzene rings is 3. The molecule has 1 N–H and O–H groups in total. The second-order valence-electron chi connectivity index (χ2n) is 5.79. The molecule has 0 bridgehead atoms. The van der Waals surface area contributed by atoms with Gasteiger partial charge in [0.25, 0.3) is 0 Å². The van der Waals surface area contributed by atoms with Crippen LogP contribution in [-0.2, 0) is 0 Å². The van der Waals surface area contributed by atoms with E-state index in [-0.39, 0.29) is 16.0 Å². The molecule has 0 aliphatic heterocycles. The minimum atomic E-state index is -1.07. The number of fused-ring (bicyclic) bond motifs is 2. The zero-order valence-electron chi connectivity index (χ0n) is 13.2. The van der Waals surface area contributed by atoms with E-state index in [1.54, 1.807) is 53.1 Å². The van der Waals surface area contributed by atoms with Crippen molar-refractivity contribution in [3.05, 3.63) is 86.5 Å². The van der Waals surface area contributed by atoms with Crippen LogP contribution < -0.4 is 5.43 Å². The number of aromatic nitrogens is 1. The molecule has 128 valence electrons. The Bertz CT molecular complexity index is 1260. The van der Waals surface area contributed by atoms with Gasteiger partial charge < -0.3 is 9.67 Å². The van der Waals surface area contributed by atoms with Gasteiger partial charge in [-0.15, -0.1) is 0 Å². The molecule has 0 aliphatic carbocycles. The summed E-state index contributed by atoms with van der Waals surface area (Å²) in [6, 6.07) is 16.7. The summed E-state index contributed by atoms with van der Waals surface area (Å²) in [7, 11) is 0. The van der Waals surface area contributed by atoms with Crippen molar-refractivity contribution in [2.75, 3.05) is 0 Å². The molecule has 0 saturated carbocycles. The largest absolute Gasteiger partial charge is 0.478 e. The van der Waals surface area contributed by atoms with Crippen LogP contribution in [-0.4, -0.2) is 15.6 Å². The maximum absolute atomic E-state index is 13.0. The minimum Gasteiger partial charge on any atom is -0.478 e. The highest BCUT2D eigenvalue weighted by atomic mass is 35.5. The molecule has 0 fully saturated rings. The van der Waals surface area contributed by atoms with Gasteiger partial charge in [-0.1, -0.05) is 47.5 Å². The topological polar surface area (TPSA) is 59.3 Å². The van der Waals surface area contributed by atoms with Crippen LogP contribution in [0.1, 0.15) is 10.4 Å². The summed E-state index contributed by atoms with van der Waals surface area (Å²) in [5.74, 6) is -1.07. The summed E-state index contributed by atoms with van der Waals surface area (Å²) in [5, 5.41) is 10.9. The van der Waals surface area contributed by atoms with Crippen LogP contribution >= 0.6 is 23.2 Å². The van der Waals surface area contributed by atoms with E-state index in [1.165, 1.54) is 12.1 Å². The number of halogens is 2. The average Bonchev–Trinajstić information content (AvgIpc) is 2.61. The van der Waals surface area contributed by atoms with Crippen LogP contribution in [0.25, 0.3) is 27.5 Å². The fourth-order valence-electron chi connectivity index (χ4n) is 3.20. The lowest BCUT2D eigenvalue weighted by molar-refractivity contribution is 0.0697. The monoisotopic (exact) mass is 383 g/mol. The first-order valence-corrected chi connectivity index (χ1v) is 8.50. The van der Waals surface area contributed by atoms with Gasteiger partial charge in [-0.2, -0.15) is 0 Å². The summed E-state index contributed by atoms with van der Waals surface area (Å²) >= 11 is 12.5. The van der Waals surface area contributed by atoms with Crippen LogP contribution in [0.3, 0.4) is 0 Å². The predicted molar refractivity (Wildman–Crippen MR) is 104 cm³/mol. The Balaban J connectivity index is 2.34. The molecule has 4 nitrogen and oxygen atoms in total. The maximum atomic E-state index is 13.0. The third-order valence-electron chi connectivity index (χ3n) is 4.27. The zero-order valence-corrected chi connectivity index (χ0v) is 14.8. The molecule has 0 aliphatic rings. The van der Waals surface area contributed by atoms with E-state index in [0.717, 1.165) is 0 Å². The number of hydrogen-bond donors (Lipinski definition) is 1. The summed E-state index contributed by atoms with van der Waals surface area (Å²) in [6.07, 6.45) is 0. The zero-order chi connectivity index (χ0) is 18.4. The third-order valence-corrected chi connectivity index (χ3v) is 4.78. The van der Waals surface area contributed by atoms with Crippen LogP contribution in [0.4, 0.5) is 0 Å². The molecular formula is C20H11Cl2NO3. The summed E-state index contributed by atoms with van der Waals surface area (Å²) in [6.45, 7) is 0. The summed E-state index contributed by atoms with van der Waals surface area (Å²) < 4.78 is 1.72. The highest BCUT2D eigenvalue weighted by molar-refractivity contribution is 6.38. The van der Waals surface area contributed by atoms with Gasteiger partial charge in [0.15, 0.2) is 5.43 Å². The number of para-hydroxylation sites is 2. The Hall–Kier alpha value is -2.82. The van der Waals surface area contributed by atoms with Gasteiger partial charge >= 0.3 is 5.97 Å². The van der Waals surface area contributed by atoms with E-state index in [1.807, 2.05) is 0 Å². The van der Waals surface area contributed by atoms with Crippen LogP contribution in [0, 0.1) is 0 Å². The number of carboxylic acids is 1. The molecule has 4 rings (SSSR count). The number of hydrogen-bond acceptors (Lipinski definition) is 2. The highest BCUT2D eigenvalue weighted by Gasteiger charge is 2.18. The van der Waals surface area contributed by atoms with E-state index in [9.17, 15) is 14.7 Å². The van der Waals surface area contributed by atoms with E-state index >= 15 is 0 Å². The molecule has 0 spiro atoms. The fourth-order valence-corrected chi connectivity index (χ4v) is 3.76. The molecule has 0 amide bonds. The van der Waals surface area contributed by atoms with Gasteiger partial charge in [-0.25, -0.2) is 4.79 Å². The van der Waals surface area contributed by atoms with Crippen molar-refractivity contribution in [3.63, 3.8) is 0 Å². The Labute approximate surface area is 157 Å². The van der Waals surface area contributed by atoms with E-state index in [4.69, 9.17) is 23.2 Å². The molecule has 26 heavy (non-hydrogen) atoms. The lowest BCUT2D eigenvalue weighted by Gasteiger charge is -2.18. The number of nitrogens with zero attached hydrogens (tertiary/aromatic N) is 1.